The lowest BCUT2D eigenvalue weighted by molar-refractivity contribution is 0.0778. The van der Waals surface area contributed by atoms with Gasteiger partial charge in [0.15, 0.2) is 0 Å². The van der Waals surface area contributed by atoms with Gasteiger partial charge in [-0.1, -0.05) is 6.07 Å². The van der Waals surface area contributed by atoms with Crippen LogP contribution in [-0.2, 0) is 14.8 Å². The quantitative estimate of drug-likeness (QED) is 0.704. The third-order valence-electron chi connectivity index (χ3n) is 2.85. The predicted octanol–water partition coefficient (Wildman–Crippen LogP) is 1.19. The van der Waals surface area contributed by atoms with E-state index in [0.29, 0.717) is 18.6 Å². The summed E-state index contributed by atoms with van der Waals surface area (Å²) in [4.78, 5) is 11.3. The first-order valence-corrected chi connectivity index (χ1v) is 8.24. The molecular formula is C14H22N2O4S. The number of carbonyl (C=O) groups excluding carboxylic acids is 1. The molecule has 118 valence electrons. The molecule has 0 unspecified atom stereocenters. The lowest BCUT2D eigenvalue weighted by atomic mass is 10.1. The molecule has 3 N–H and O–H groups in total. The Bertz CT molecular complexity index is 597. The average Bonchev–Trinajstić information content (AvgIpc) is 2.37. The highest BCUT2D eigenvalue weighted by Gasteiger charge is 2.16. The third kappa shape index (κ3) is 5.45. The van der Waals surface area contributed by atoms with Crippen molar-refractivity contribution in [2.45, 2.75) is 38.2 Å². The van der Waals surface area contributed by atoms with Gasteiger partial charge in [0.1, 0.15) is 0 Å². The summed E-state index contributed by atoms with van der Waals surface area (Å²) in [6, 6.07) is 4.32. The highest BCUT2D eigenvalue weighted by atomic mass is 32.2. The van der Waals surface area contributed by atoms with E-state index in [1.165, 1.54) is 12.1 Å². The van der Waals surface area contributed by atoms with Gasteiger partial charge in [0.05, 0.1) is 11.0 Å². The number of benzene rings is 1. The van der Waals surface area contributed by atoms with E-state index in [4.69, 9.17) is 10.5 Å². The summed E-state index contributed by atoms with van der Waals surface area (Å²) in [6.45, 7) is 6.30. The first-order valence-electron chi connectivity index (χ1n) is 6.76. The molecular weight excluding hydrogens is 292 g/mol. The van der Waals surface area contributed by atoms with Crippen molar-refractivity contribution >= 4 is 15.9 Å². The van der Waals surface area contributed by atoms with E-state index in [0.717, 1.165) is 0 Å². The number of hydrogen-bond acceptors (Lipinski definition) is 4. The molecule has 1 amide bonds. The van der Waals surface area contributed by atoms with Crippen LogP contribution in [0.3, 0.4) is 0 Å². The number of carbonyl (C=O) groups is 1. The molecule has 0 aliphatic heterocycles. The molecule has 0 saturated carbocycles. The van der Waals surface area contributed by atoms with Gasteiger partial charge in [-0.3, -0.25) is 4.79 Å². The number of aryl methyl sites for hydroxylation is 1. The molecule has 1 aromatic rings. The Hall–Kier alpha value is -1.44. The fourth-order valence-electron chi connectivity index (χ4n) is 1.71. The Kier molecular flexibility index (Phi) is 6.32. The van der Waals surface area contributed by atoms with Crippen molar-refractivity contribution in [1.29, 1.82) is 0 Å². The minimum absolute atomic E-state index is 0.0340. The van der Waals surface area contributed by atoms with Crippen molar-refractivity contribution in [3.63, 3.8) is 0 Å². The zero-order valence-electron chi connectivity index (χ0n) is 12.5. The first kappa shape index (κ1) is 17.6. The fraction of sp³-hybridized carbons (Fsp3) is 0.500. The van der Waals surface area contributed by atoms with E-state index in [1.807, 2.05) is 13.8 Å². The number of rotatable bonds is 8. The molecule has 0 spiro atoms. The third-order valence-corrected chi connectivity index (χ3v) is 4.31. The Labute approximate surface area is 125 Å². The minimum atomic E-state index is -3.65. The van der Waals surface area contributed by atoms with Gasteiger partial charge in [-0.25, -0.2) is 13.1 Å². The lowest BCUT2D eigenvalue weighted by Crippen LogP contribution is -2.26. The van der Waals surface area contributed by atoms with Crippen molar-refractivity contribution in [1.82, 2.24) is 4.72 Å². The Balaban J connectivity index is 2.70. The second kappa shape index (κ2) is 7.53. The molecule has 0 aliphatic carbocycles. The summed E-state index contributed by atoms with van der Waals surface area (Å²) < 4.78 is 32.0. The molecule has 0 atom stereocenters. The fourth-order valence-corrected chi connectivity index (χ4v) is 2.81. The van der Waals surface area contributed by atoms with Crippen LogP contribution in [0.1, 0.15) is 36.2 Å². The summed E-state index contributed by atoms with van der Waals surface area (Å²) in [6.07, 6.45) is 0.697. The minimum Gasteiger partial charge on any atom is -0.379 e. The highest BCUT2D eigenvalue weighted by Crippen LogP contribution is 2.15. The highest BCUT2D eigenvalue weighted by molar-refractivity contribution is 7.89. The number of nitrogens with one attached hydrogen (secondary N) is 1. The standard InChI is InChI=1S/C14H22N2O4S/c1-10(2)20-8-4-7-16-21(18,19)12-6-5-11(3)13(9-12)14(15)17/h5-6,9-10,16H,4,7-8H2,1-3H3,(H2,15,17). The van der Waals surface area contributed by atoms with Crippen molar-refractivity contribution in [2.24, 2.45) is 5.73 Å². The van der Waals surface area contributed by atoms with Gasteiger partial charge in [0.25, 0.3) is 0 Å². The molecule has 0 fully saturated rings. The van der Waals surface area contributed by atoms with Gasteiger partial charge >= 0.3 is 0 Å². The van der Waals surface area contributed by atoms with Crippen molar-refractivity contribution in [3.05, 3.63) is 29.3 Å². The van der Waals surface area contributed by atoms with Gasteiger partial charge < -0.3 is 10.5 Å². The van der Waals surface area contributed by atoms with Gasteiger partial charge in [-0.15, -0.1) is 0 Å². The van der Waals surface area contributed by atoms with E-state index in [-0.39, 0.29) is 23.1 Å². The Morgan fingerprint density at radius 1 is 1.38 bits per heavy atom. The van der Waals surface area contributed by atoms with Crippen LogP contribution < -0.4 is 10.5 Å². The lowest BCUT2D eigenvalue weighted by Gasteiger charge is -2.10. The second-order valence-electron chi connectivity index (χ2n) is 5.01. The summed E-state index contributed by atoms with van der Waals surface area (Å²) in [5.41, 5.74) is 6.08. The van der Waals surface area contributed by atoms with E-state index >= 15 is 0 Å². The SMILES string of the molecule is Cc1ccc(S(=O)(=O)NCCCOC(C)C)cc1C(N)=O. The monoisotopic (exact) mass is 314 g/mol. The summed E-state index contributed by atoms with van der Waals surface area (Å²) in [5.74, 6) is -0.644. The van der Waals surface area contributed by atoms with Crippen LogP contribution in [0.25, 0.3) is 0 Å². The summed E-state index contributed by atoms with van der Waals surface area (Å²) in [7, 11) is -3.65. The van der Waals surface area contributed by atoms with Crippen molar-refractivity contribution in [3.8, 4) is 0 Å². The van der Waals surface area contributed by atoms with Gasteiger partial charge in [-0.2, -0.15) is 0 Å². The molecule has 7 heteroatoms. The van der Waals surface area contributed by atoms with Crippen molar-refractivity contribution in [2.75, 3.05) is 13.2 Å². The van der Waals surface area contributed by atoms with Crippen molar-refractivity contribution < 1.29 is 17.9 Å². The number of nitrogens with two attached hydrogens (primary N) is 1. The molecule has 0 saturated heterocycles. The normalized spacial score (nSPS) is 11.8. The van der Waals surface area contributed by atoms with Crippen LogP contribution in [-0.4, -0.2) is 33.6 Å². The predicted molar refractivity (Wildman–Crippen MR) is 80.6 cm³/mol. The number of primary amides is 1. The zero-order valence-corrected chi connectivity index (χ0v) is 13.4. The van der Waals surface area contributed by atoms with Gasteiger partial charge in [0, 0.05) is 18.7 Å². The van der Waals surface area contributed by atoms with Gasteiger partial charge in [0.2, 0.25) is 15.9 Å². The molecule has 21 heavy (non-hydrogen) atoms. The molecule has 0 bridgehead atoms. The van der Waals surface area contributed by atoms with Crippen LogP contribution in [0.15, 0.2) is 23.1 Å². The van der Waals surface area contributed by atoms with E-state index in [1.54, 1.807) is 13.0 Å². The Morgan fingerprint density at radius 3 is 2.62 bits per heavy atom. The van der Waals surface area contributed by atoms with Crippen LogP contribution in [0.5, 0.6) is 0 Å². The zero-order chi connectivity index (χ0) is 16.0. The van der Waals surface area contributed by atoms with Crippen LogP contribution in [0, 0.1) is 6.92 Å². The first-order chi connectivity index (χ1) is 9.74. The molecule has 0 radical (unpaired) electrons. The van der Waals surface area contributed by atoms with Gasteiger partial charge in [-0.05, 0) is 44.9 Å². The largest absolute Gasteiger partial charge is 0.379 e. The molecule has 6 nitrogen and oxygen atoms in total. The topological polar surface area (TPSA) is 98.5 Å². The maximum atomic E-state index is 12.1. The van der Waals surface area contributed by atoms with Crippen LogP contribution in [0.4, 0.5) is 0 Å². The van der Waals surface area contributed by atoms with Crippen LogP contribution in [0.2, 0.25) is 0 Å². The molecule has 1 rings (SSSR count). The van der Waals surface area contributed by atoms with E-state index in [9.17, 15) is 13.2 Å². The molecule has 0 heterocycles. The maximum Gasteiger partial charge on any atom is 0.249 e. The Morgan fingerprint density at radius 2 is 2.05 bits per heavy atom. The number of ether oxygens (including phenoxy) is 1. The summed E-state index contributed by atoms with van der Waals surface area (Å²) in [5, 5.41) is 0. The number of amides is 1. The molecule has 0 aromatic heterocycles. The van der Waals surface area contributed by atoms with E-state index < -0.39 is 15.9 Å². The second-order valence-corrected chi connectivity index (χ2v) is 6.78. The number of hydrogen-bond donors (Lipinski definition) is 2. The maximum absolute atomic E-state index is 12.1. The number of sulfonamides is 1. The smallest absolute Gasteiger partial charge is 0.249 e. The van der Waals surface area contributed by atoms with E-state index in [2.05, 4.69) is 4.72 Å². The van der Waals surface area contributed by atoms with Crippen LogP contribution >= 0.6 is 0 Å². The average molecular weight is 314 g/mol. The molecule has 1 aromatic carbocycles. The molecule has 0 aliphatic rings. The summed E-state index contributed by atoms with van der Waals surface area (Å²) >= 11 is 0.